The number of rotatable bonds is 1. The van der Waals surface area contributed by atoms with Crippen LogP contribution in [0.25, 0.3) is 0 Å². The van der Waals surface area contributed by atoms with E-state index in [1.165, 1.54) is 0 Å². The standard InChI is InChI=1S/C4H7NO.C2H4O2/c1-4(6)2-3-5;1-2(3)4/h4,6H,2H2,1H3;1H3,(H,3,4). The Morgan fingerprint density at radius 1 is 1.80 bits per heavy atom. The molecule has 0 heterocycles. The predicted molar refractivity (Wildman–Crippen MR) is 35.2 cm³/mol. The van der Waals surface area contributed by atoms with Crippen LogP contribution in [0.15, 0.2) is 0 Å². The van der Waals surface area contributed by atoms with Gasteiger partial charge >= 0.3 is 0 Å². The summed E-state index contributed by atoms with van der Waals surface area (Å²) in [6.07, 6.45) is -0.227. The fourth-order valence-corrected chi connectivity index (χ4v) is 0.132. The Balaban J connectivity index is 0. The Morgan fingerprint density at radius 2 is 2.10 bits per heavy atom. The van der Waals surface area contributed by atoms with Crippen LogP contribution in [0, 0.1) is 11.3 Å². The second-order valence-electron chi connectivity index (χ2n) is 1.73. The summed E-state index contributed by atoms with van der Waals surface area (Å²) < 4.78 is 0. The number of aliphatic hydroxyl groups excluding tert-OH is 1. The lowest BCUT2D eigenvalue weighted by molar-refractivity contribution is -0.134. The normalized spacial score (nSPS) is 10.2. The molecule has 0 aliphatic heterocycles. The molecule has 1 unspecified atom stereocenters. The van der Waals surface area contributed by atoms with E-state index in [0.29, 0.717) is 0 Å². The van der Waals surface area contributed by atoms with Crippen LogP contribution in [-0.4, -0.2) is 22.3 Å². The van der Waals surface area contributed by atoms with Crippen LogP contribution in [0.5, 0.6) is 0 Å². The van der Waals surface area contributed by atoms with Crippen molar-refractivity contribution >= 4 is 5.97 Å². The smallest absolute Gasteiger partial charge is 0.300 e. The molecule has 4 nitrogen and oxygen atoms in total. The highest BCUT2D eigenvalue weighted by Crippen LogP contribution is 1.82. The Morgan fingerprint density at radius 3 is 2.10 bits per heavy atom. The fourth-order valence-electron chi connectivity index (χ4n) is 0.132. The van der Waals surface area contributed by atoms with Gasteiger partial charge in [0.1, 0.15) is 0 Å². The van der Waals surface area contributed by atoms with Gasteiger partial charge in [0.2, 0.25) is 0 Å². The zero-order valence-corrected chi connectivity index (χ0v) is 6.03. The molecular formula is C6H11NO3. The molecule has 58 valence electrons. The molecule has 0 aliphatic rings. The van der Waals surface area contributed by atoms with Gasteiger partial charge in [0.25, 0.3) is 5.97 Å². The second-order valence-corrected chi connectivity index (χ2v) is 1.73. The van der Waals surface area contributed by atoms with E-state index < -0.39 is 12.1 Å². The molecule has 1 atom stereocenters. The number of hydrogen-bond donors (Lipinski definition) is 2. The van der Waals surface area contributed by atoms with Crippen LogP contribution in [0.3, 0.4) is 0 Å². The lowest BCUT2D eigenvalue weighted by atomic mass is 10.3. The maximum Gasteiger partial charge on any atom is 0.300 e. The maximum atomic E-state index is 9.00. The summed E-state index contributed by atoms with van der Waals surface area (Å²) in [5, 5.41) is 23.6. The van der Waals surface area contributed by atoms with Gasteiger partial charge in [-0.15, -0.1) is 0 Å². The van der Waals surface area contributed by atoms with Crippen molar-refractivity contribution in [1.29, 1.82) is 5.26 Å². The highest BCUT2D eigenvalue weighted by atomic mass is 16.4. The maximum absolute atomic E-state index is 9.00. The lowest BCUT2D eigenvalue weighted by Gasteiger charge is -1.88. The van der Waals surface area contributed by atoms with Crippen molar-refractivity contribution in [1.82, 2.24) is 0 Å². The largest absolute Gasteiger partial charge is 0.481 e. The summed E-state index contributed by atoms with van der Waals surface area (Å²) in [5.41, 5.74) is 0. The SMILES string of the molecule is CC(=O)O.CC(O)CC#N. The van der Waals surface area contributed by atoms with E-state index in [-0.39, 0.29) is 6.42 Å². The van der Waals surface area contributed by atoms with Gasteiger partial charge in [-0.3, -0.25) is 4.79 Å². The Bertz CT molecular complexity index is 121. The average molecular weight is 145 g/mol. The number of hydrogen-bond acceptors (Lipinski definition) is 3. The van der Waals surface area contributed by atoms with Gasteiger partial charge in [0.15, 0.2) is 0 Å². The van der Waals surface area contributed by atoms with Crippen LogP contribution < -0.4 is 0 Å². The molecule has 0 aromatic heterocycles. The quantitative estimate of drug-likeness (QED) is 0.558. The van der Waals surface area contributed by atoms with Crippen LogP contribution in [-0.2, 0) is 4.79 Å². The molecule has 0 radical (unpaired) electrons. The van der Waals surface area contributed by atoms with Gasteiger partial charge in [0.05, 0.1) is 18.6 Å². The van der Waals surface area contributed by atoms with E-state index in [1.54, 1.807) is 6.92 Å². The molecule has 0 spiro atoms. The molecule has 2 N–H and O–H groups in total. The average Bonchev–Trinajstić information content (AvgIpc) is 1.62. The molecule has 0 saturated heterocycles. The van der Waals surface area contributed by atoms with Crippen molar-refractivity contribution < 1.29 is 15.0 Å². The minimum Gasteiger partial charge on any atom is -0.481 e. The van der Waals surface area contributed by atoms with E-state index in [2.05, 4.69) is 0 Å². The molecule has 0 rings (SSSR count). The molecule has 0 aromatic rings. The zero-order chi connectivity index (χ0) is 8.57. The number of nitriles is 1. The Hall–Kier alpha value is -1.08. The third-order valence-electron chi connectivity index (χ3n) is 0.387. The van der Waals surface area contributed by atoms with E-state index >= 15 is 0 Å². The third kappa shape index (κ3) is 65.8. The first-order valence-electron chi connectivity index (χ1n) is 2.75. The molecule has 0 aliphatic carbocycles. The number of carbonyl (C=O) groups is 1. The molecular weight excluding hydrogens is 134 g/mol. The third-order valence-corrected chi connectivity index (χ3v) is 0.387. The van der Waals surface area contributed by atoms with Crippen molar-refractivity contribution in [2.75, 3.05) is 0 Å². The lowest BCUT2D eigenvalue weighted by Crippen LogP contribution is -1.94. The van der Waals surface area contributed by atoms with Gasteiger partial charge in [-0.05, 0) is 6.92 Å². The van der Waals surface area contributed by atoms with E-state index in [4.69, 9.17) is 20.3 Å². The molecule has 0 fully saturated rings. The molecule has 0 saturated carbocycles. The van der Waals surface area contributed by atoms with Crippen molar-refractivity contribution in [2.24, 2.45) is 0 Å². The molecule has 0 bridgehead atoms. The van der Waals surface area contributed by atoms with Gasteiger partial charge in [-0.25, -0.2) is 0 Å². The van der Waals surface area contributed by atoms with Crippen LogP contribution in [0.2, 0.25) is 0 Å². The summed E-state index contributed by atoms with van der Waals surface area (Å²) in [5.74, 6) is -0.833. The summed E-state index contributed by atoms with van der Waals surface area (Å²) in [7, 11) is 0. The topological polar surface area (TPSA) is 81.3 Å². The number of carboxylic acid groups (broad SMARTS) is 1. The summed E-state index contributed by atoms with van der Waals surface area (Å²) in [4.78, 5) is 9.00. The zero-order valence-electron chi connectivity index (χ0n) is 6.03. The van der Waals surface area contributed by atoms with Crippen LogP contribution in [0.4, 0.5) is 0 Å². The first kappa shape index (κ1) is 11.7. The Labute approximate surface area is 59.7 Å². The van der Waals surface area contributed by atoms with E-state index in [1.807, 2.05) is 6.07 Å². The summed E-state index contributed by atoms with van der Waals surface area (Å²) >= 11 is 0. The number of carboxylic acids is 1. The predicted octanol–water partition coefficient (Wildman–Crippen LogP) is 0.372. The fraction of sp³-hybridized carbons (Fsp3) is 0.667. The number of aliphatic hydroxyl groups is 1. The molecule has 0 aromatic carbocycles. The first-order valence-corrected chi connectivity index (χ1v) is 2.75. The molecule has 0 amide bonds. The Kier molecular flexibility index (Phi) is 9.25. The molecule has 4 heteroatoms. The van der Waals surface area contributed by atoms with Crippen molar-refractivity contribution in [3.63, 3.8) is 0 Å². The minimum absolute atomic E-state index is 0.236. The van der Waals surface area contributed by atoms with Crippen molar-refractivity contribution in [3.8, 4) is 6.07 Å². The second kappa shape index (κ2) is 7.92. The van der Waals surface area contributed by atoms with Crippen molar-refractivity contribution in [2.45, 2.75) is 26.4 Å². The highest BCUT2D eigenvalue weighted by molar-refractivity contribution is 5.62. The minimum atomic E-state index is -0.833. The first-order chi connectivity index (χ1) is 4.50. The van der Waals surface area contributed by atoms with Gasteiger partial charge < -0.3 is 10.2 Å². The molecule has 10 heavy (non-hydrogen) atoms. The van der Waals surface area contributed by atoms with Crippen LogP contribution in [0.1, 0.15) is 20.3 Å². The van der Waals surface area contributed by atoms with E-state index in [0.717, 1.165) is 6.92 Å². The summed E-state index contributed by atoms with van der Waals surface area (Å²) in [6, 6.07) is 1.82. The monoisotopic (exact) mass is 145 g/mol. The highest BCUT2D eigenvalue weighted by Gasteiger charge is 1.87. The van der Waals surface area contributed by atoms with Gasteiger partial charge in [0, 0.05) is 6.92 Å². The van der Waals surface area contributed by atoms with Crippen molar-refractivity contribution in [3.05, 3.63) is 0 Å². The summed E-state index contributed by atoms with van der Waals surface area (Å²) in [6.45, 7) is 2.67. The van der Waals surface area contributed by atoms with E-state index in [9.17, 15) is 0 Å². The van der Waals surface area contributed by atoms with Crippen LogP contribution >= 0.6 is 0 Å². The number of aliphatic carboxylic acids is 1. The van der Waals surface area contributed by atoms with Gasteiger partial charge in [-0.1, -0.05) is 0 Å². The number of nitrogens with zero attached hydrogens (tertiary/aromatic N) is 1. The van der Waals surface area contributed by atoms with Gasteiger partial charge in [-0.2, -0.15) is 5.26 Å².